The van der Waals surface area contributed by atoms with E-state index in [1.807, 2.05) is 19.0 Å². The van der Waals surface area contributed by atoms with Gasteiger partial charge in [-0.25, -0.2) is 13.1 Å². The van der Waals surface area contributed by atoms with Crippen LogP contribution in [0, 0.1) is 6.92 Å². The summed E-state index contributed by atoms with van der Waals surface area (Å²) in [4.78, 5) is 2.27. The Labute approximate surface area is 114 Å². The molecule has 0 amide bonds. The second-order valence-corrected chi connectivity index (χ2v) is 6.41. The van der Waals surface area contributed by atoms with Crippen molar-refractivity contribution in [2.75, 3.05) is 34.2 Å². The first kappa shape index (κ1) is 16.1. The van der Waals surface area contributed by atoms with E-state index in [4.69, 9.17) is 0 Å². The van der Waals surface area contributed by atoms with Gasteiger partial charge in [-0.2, -0.15) is 5.10 Å². The summed E-state index contributed by atoms with van der Waals surface area (Å²) >= 11 is 0. The van der Waals surface area contributed by atoms with Crippen LogP contribution >= 0.6 is 0 Å². The van der Waals surface area contributed by atoms with Crippen molar-refractivity contribution < 1.29 is 8.42 Å². The number of nitrogens with one attached hydrogen (secondary N) is 3. The van der Waals surface area contributed by atoms with Crippen LogP contribution in [0.25, 0.3) is 0 Å². The Bertz CT molecular complexity index is 495. The summed E-state index contributed by atoms with van der Waals surface area (Å²) in [6, 6.07) is 0. The minimum atomic E-state index is -3.50. The third-order valence-corrected chi connectivity index (χ3v) is 4.31. The number of H-pyrrole nitrogens is 1. The molecule has 1 rings (SSSR count). The molecule has 110 valence electrons. The number of rotatable bonds is 8. The van der Waals surface area contributed by atoms with Gasteiger partial charge in [-0.1, -0.05) is 0 Å². The van der Waals surface area contributed by atoms with Gasteiger partial charge in [0.2, 0.25) is 10.0 Å². The van der Waals surface area contributed by atoms with Gasteiger partial charge in [0.1, 0.15) is 4.90 Å². The standard InChI is InChI=1S/C11H23N5O2S/c1-9-11(10(8-12-2)15-14-9)19(17,18)13-6-5-7-16(3)4/h12-13H,5-8H2,1-4H3,(H,14,15). The Kier molecular flexibility index (Phi) is 5.92. The zero-order valence-electron chi connectivity index (χ0n) is 11.9. The maximum absolute atomic E-state index is 12.2. The van der Waals surface area contributed by atoms with E-state index in [2.05, 4.69) is 20.2 Å². The lowest BCUT2D eigenvalue weighted by Crippen LogP contribution is -2.28. The Hall–Kier alpha value is -0.960. The van der Waals surface area contributed by atoms with Crippen LogP contribution < -0.4 is 10.0 Å². The van der Waals surface area contributed by atoms with Gasteiger partial charge in [0.05, 0.1) is 11.4 Å². The molecule has 3 N–H and O–H groups in total. The van der Waals surface area contributed by atoms with Gasteiger partial charge in [-0.05, 0) is 41.0 Å². The lowest BCUT2D eigenvalue weighted by atomic mass is 10.4. The molecule has 0 radical (unpaired) electrons. The average Bonchev–Trinajstić information content (AvgIpc) is 2.67. The van der Waals surface area contributed by atoms with Gasteiger partial charge < -0.3 is 10.2 Å². The molecule has 0 saturated carbocycles. The normalized spacial score (nSPS) is 12.3. The SMILES string of the molecule is CNCc1n[nH]c(C)c1S(=O)(=O)NCCCN(C)C. The van der Waals surface area contributed by atoms with Crippen LogP contribution in [0.5, 0.6) is 0 Å². The highest BCUT2D eigenvalue weighted by molar-refractivity contribution is 7.89. The lowest BCUT2D eigenvalue weighted by Gasteiger charge is -2.11. The van der Waals surface area contributed by atoms with Crippen LogP contribution in [0.2, 0.25) is 0 Å². The van der Waals surface area contributed by atoms with Crippen molar-refractivity contribution in [3.8, 4) is 0 Å². The van der Waals surface area contributed by atoms with Crippen LogP contribution in [0.3, 0.4) is 0 Å². The quantitative estimate of drug-likeness (QED) is 0.570. The zero-order valence-corrected chi connectivity index (χ0v) is 12.8. The molecule has 0 unspecified atom stereocenters. The molecule has 1 aromatic heterocycles. The predicted molar refractivity (Wildman–Crippen MR) is 74.4 cm³/mol. The maximum Gasteiger partial charge on any atom is 0.244 e. The van der Waals surface area contributed by atoms with E-state index < -0.39 is 10.0 Å². The van der Waals surface area contributed by atoms with Crippen LogP contribution in [0.1, 0.15) is 17.8 Å². The molecule has 19 heavy (non-hydrogen) atoms. The van der Waals surface area contributed by atoms with Crippen molar-refractivity contribution in [1.29, 1.82) is 0 Å². The molecular formula is C11H23N5O2S. The minimum Gasteiger partial charge on any atom is -0.314 e. The van der Waals surface area contributed by atoms with Gasteiger partial charge >= 0.3 is 0 Å². The molecule has 8 heteroatoms. The van der Waals surface area contributed by atoms with E-state index in [0.717, 1.165) is 13.0 Å². The van der Waals surface area contributed by atoms with Gasteiger partial charge in [-0.3, -0.25) is 5.10 Å². The number of aryl methyl sites for hydroxylation is 1. The molecule has 0 aromatic carbocycles. The number of sulfonamides is 1. The Morgan fingerprint density at radius 1 is 1.37 bits per heavy atom. The largest absolute Gasteiger partial charge is 0.314 e. The second kappa shape index (κ2) is 6.99. The summed E-state index contributed by atoms with van der Waals surface area (Å²) in [5.74, 6) is 0. The van der Waals surface area contributed by atoms with Crippen molar-refractivity contribution in [3.63, 3.8) is 0 Å². The maximum atomic E-state index is 12.2. The summed E-state index contributed by atoms with van der Waals surface area (Å²) in [5, 5.41) is 9.64. The Balaban J connectivity index is 2.74. The van der Waals surface area contributed by atoms with E-state index in [-0.39, 0.29) is 4.90 Å². The molecule has 0 aliphatic rings. The highest BCUT2D eigenvalue weighted by Crippen LogP contribution is 2.17. The predicted octanol–water partition coefficient (Wildman–Crippen LogP) is -0.332. The summed E-state index contributed by atoms with van der Waals surface area (Å²) in [6.07, 6.45) is 0.768. The Morgan fingerprint density at radius 3 is 2.63 bits per heavy atom. The van der Waals surface area contributed by atoms with E-state index in [1.54, 1.807) is 14.0 Å². The molecule has 0 atom stereocenters. The van der Waals surface area contributed by atoms with Gasteiger partial charge in [0, 0.05) is 13.1 Å². The third-order valence-electron chi connectivity index (χ3n) is 2.65. The molecular weight excluding hydrogens is 266 g/mol. The highest BCUT2D eigenvalue weighted by atomic mass is 32.2. The van der Waals surface area contributed by atoms with Crippen molar-refractivity contribution in [1.82, 2.24) is 25.1 Å². The van der Waals surface area contributed by atoms with Crippen molar-refractivity contribution in [2.45, 2.75) is 24.8 Å². The number of nitrogens with zero attached hydrogens (tertiary/aromatic N) is 2. The number of hydrogen-bond donors (Lipinski definition) is 3. The molecule has 0 fully saturated rings. The third kappa shape index (κ3) is 4.57. The minimum absolute atomic E-state index is 0.256. The van der Waals surface area contributed by atoms with Gasteiger partial charge in [0.15, 0.2) is 0 Å². The lowest BCUT2D eigenvalue weighted by molar-refractivity contribution is 0.400. The molecule has 0 aliphatic heterocycles. The fraction of sp³-hybridized carbons (Fsp3) is 0.727. The molecule has 0 saturated heterocycles. The second-order valence-electron chi connectivity index (χ2n) is 4.71. The van der Waals surface area contributed by atoms with Gasteiger partial charge in [-0.15, -0.1) is 0 Å². The summed E-state index contributed by atoms with van der Waals surface area (Å²) in [6.45, 7) is 3.39. The number of aromatic nitrogens is 2. The van der Waals surface area contributed by atoms with Crippen molar-refractivity contribution in [3.05, 3.63) is 11.4 Å². The first-order valence-electron chi connectivity index (χ1n) is 6.21. The van der Waals surface area contributed by atoms with E-state index in [9.17, 15) is 8.42 Å². The van der Waals surface area contributed by atoms with Crippen molar-refractivity contribution >= 4 is 10.0 Å². The van der Waals surface area contributed by atoms with Crippen LogP contribution in [0.4, 0.5) is 0 Å². The fourth-order valence-electron chi connectivity index (χ4n) is 1.79. The average molecular weight is 289 g/mol. The molecule has 0 aliphatic carbocycles. The van der Waals surface area contributed by atoms with E-state index in [0.29, 0.717) is 24.5 Å². The fourth-order valence-corrected chi connectivity index (χ4v) is 3.22. The summed E-state index contributed by atoms with van der Waals surface area (Å²) in [7, 11) is 2.17. The molecule has 1 heterocycles. The monoisotopic (exact) mass is 289 g/mol. The van der Waals surface area contributed by atoms with E-state index >= 15 is 0 Å². The topological polar surface area (TPSA) is 90.1 Å². The van der Waals surface area contributed by atoms with Crippen LogP contribution in [0.15, 0.2) is 4.90 Å². The highest BCUT2D eigenvalue weighted by Gasteiger charge is 2.23. The van der Waals surface area contributed by atoms with Crippen molar-refractivity contribution in [2.24, 2.45) is 0 Å². The van der Waals surface area contributed by atoms with Crippen LogP contribution in [-0.2, 0) is 16.6 Å². The zero-order chi connectivity index (χ0) is 14.5. The molecule has 1 aromatic rings. The molecule has 0 bridgehead atoms. The first-order chi connectivity index (χ1) is 8.88. The number of aromatic amines is 1. The number of hydrogen-bond acceptors (Lipinski definition) is 5. The summed E-state index contributed by atoms with van der Waals surface area (Å²) in [5.41, 5.74) is 1.07. The Morgan fingerprint density at radius 2 is 2.05 bits per heavy atom. The molecule has 0 spiro atoms. The smallest absolute Gasteiger partial charge is 0.244 e. The summed E-state index contributed by atoms with van der Waals surface area (Å²) < 4.78 is 27.1. The van der Waals surface area contributed by atoms with Crippen LogP contribution in [-0.4, -0.2) is 57.7 Å². The molecule has 7 nitrogen and oxygen atoms in total. The first-order valence-corrected chi connectivity index (χ1v) is 7.69. The van der Waals surface area contributed by atoms with E-state index in [1.165, 1.54) is 0 Å². The van der Waals surface area contributed by atoms with Gasteiger partial charge in [0.25, 0.3) is 0 Å².